The predicted octanol–water partition coefficient (Wildman–Crippen LogP) is 3.34. The number of aliphatic hydroxyl groups excluding tert-OH is 1. The molecule has 156 valence electrons. The van der Waals surface area contributed by atoms with Gasteiger partial charge in [0.15, 0.2) is 0 Å². The molecule has 3 saturated carbocycles. The number of carbonyl (C=O) groups excluding carboxylic acids is 1. The SMILES string of the molecule is C[C@]12CC[C@H]3[C@@H](CCC4=C[C@@H](O)CC[C@@]43C=O)[C@]1(O)CC[C@H]2c1ccc(=O)oc1. The lowest BCUT2D eigenvalue weighted by Gasteiger charge is -2.61. The molecule has 0 bridgehead atoms. The van der Waals surface area contributed by atoms with Crippen LogP contribution in [0.5, 0.6) is 0 Å². The standard InChI is InChI=1S/C24H30O5/c1-22-9-7-19-20(4-3-16-12-17(26)6-10-23(16,19)14-25)24(22,28)11-8-18(22)15-2-5-21(27)29-13-15/h2,5,12-14,17-20,26,28H,3-4,6-11H2,1H3/t17-,18-,19-,20+,22+,23+,24+/m0/s1. The Morgan fingerprint density at radius 1 is 1.10 bits per heavy atom. The number of aldehydes is 1. The molecule has 5 nitrogen and oxygen atoms in total. The van der Waals surface area contributed by atoms with Gasteiger partial charge in [0.1, 0.15) is 6.29 Å². The van der Waals surface area contributed by atoms with Crippen molar-refractivity contribution in [3.63, 3.8) is 0 Å². The van der Waals surface area contributed by atoms with E-state index in [0.717, 1.165) is 49.5 Å². The molecule has 4 aliphatic carbocycles. The lowest BCUT2D eigenvalue weighted by atomic mass is 9.45. The molecule has 1 aromatic heterocycles. The summed E-state index contributed by atoms with van der Waals surface area (Å²) in [7, 11) is 0. The van der Waals surface area contributed by atoms with Gasteiger partial charge in [-0.15, -0.1) is 0 Å². The van der Waals surface area contributed by atoms with Crippen molar-refractivity contribution in [3.05, 3.63) is 46.0 Å². The molecule has 0 radical (unpaired) electrons. The van der Waals surface area contributed by atoms with E-state index in [-0.39, 0.29) is 28.8 Å². The van der Waals surface area contributed by atoms with Gasteiger partial charge >= 0.3 is 5.63 Å². The number of hydrogen-bond donors (Lipinski definition) is 2. The second kappa shape index (κ2) is 6.39. The fraction of sp³-hybridized carbons (Fsp3) is 0.667. The smallest absolute Gasteiger partial charge is 0.335 e. The van der Waals surface area contributed by atoms with E-state index < -0.39 is 17.1 Å². The van der Waals surface area contributed by atoms with Crippen LogP contribution in [0.3, 0.4) is 0 Å². The quantitative estimate of drug-likeness (QED) is 0.589. The maximum absolute atomic E-state index is 12.4. The fourth-order valence-corrected chi connectivity index (χ4v) is 7.71. The highest BCUT2D eigenvalue weighted by atomic mass is 16.4. The van der Waals surface area contributed by atoms with Gasteiger partial charge in [-0.25, -0.2) is 4.79 Å². The molecule has 4 aliphatic rings. The first-order chi connectivity index (χ1) is 13.8. The van der Waals surface area contributed by atoms with E-state index in [9.17, 15) is 19.8 Å². The summed E-state index contributed by atoms with van der Waals surface area (Å²) in [5, 5.41) is 22.2. The molecule has 2 N–H and O–H groups in total. The zero-order valence-corrected chi connectivity index (χ0v) is 17.0. The van der Waals surface area contributed by atoms with Crippen molar-refractivity contribution in [3.8, 4) is 0 Å². The minimum atomic E-state index is -0.825. The van der Waals surface area contributed by atoms with Crippen LogP contribution in [0.15, 0.2) is 39.3 Å². The molecule has 0 aliphatic heterocycles. The van der Waals surface area contributed by atoms with E-state index >= 15 is 0 Å². The van der Waals surface area contributed by atoms with Crippen LogP contribution in [0.1, 0.15) is 69.8 Å². The van der Waals surface area contributed by atoms with Crippen LogP contribution < -0.4 is 5.63 Å². The van der Waals surface area contributed by atoms with E-state index in [4.69, 9.17) is 4.42 Å². The first-order valence-corrected chi connectivity index (χ1v) is 11.0. The number of carbonyl (C=O) groups is 1. The molecule has 3 fully saturated rings. The van der Waals surface area contributed by atoms with E-state index in [1.165, 1.54) is 6.07 Å². The van der Waals surface area contributed by atoms with Crippen LogP contribution in [0, 0.1) is 22.7 Å². The Hall–Kier alpha value is -1.72. The van der Waals surface area contributed by atoms with Gasteiger partial charge in [0.25, 0.3) is 0 Å². The first kappa shape index (κ1) is 19.3. The number of rotatable bonds is 2. The van der Waals surface area contributed by atoms with Gasteiger partial charge in [-0.1, -0.05) is 18.6 Å². The normalized spacial score (nSPS) is 46.2. The van der Waals surface area contributed by atoms with Gasteiger partial charge in [0.05, 0.1) is 23.4 Å². The van der Waals surface area contributed by atoms with Crippen molar-refractivity contribution in [1.82, 2.24) is 0 Å². The van der Waals surface area contributed by atoms with Gasteiger partial charge in [0, 0.05) is 11.5 Å². The predicted molar refractivity (Wildman–Crippen MR) is 107 cm³/mol. The van der Waals surface area contributed by atoms with Gasteiger partial charge in [-0.3, -0.25) is 0 Å². The lowest BCUT2D eigenvalue weighted by molar-refractivity contribution is -0.179. The van der Waals surface area contributed by atoms with E-state index in [1.807, 2.05) is 12.1 Å². The molecule has 0 amide bonds. The third-order valence-electron chi connectivity index (χ3n) is 9.21. The summed E-state index contributed by atoms with van der Waals surface area (Å²) in [5.74, 6) is 0.368. The molecule has 5 heteroatoms. The van der Waals surface area contributed by atoms with E-state index in [0.29, 0.717) is 19.3 Å². The molecule has 0 aromatic carbocycles. The third kappa shape index (κ3) is 2.46. The van der Waals surface area contributed by atoms with Gasteiger partial charge in [0.2, 0.25) is 0 Å². The van der Waals surface area contributed by atoms with Crippen LogP contribution in [-0.4, -0.2) is 28.2 Å². The lowest BCUT2D eigenvalue weighted by Crippen LogP contribution is -2.61. The largest absolute Gasteiger partial charge is 0.431 e. The Labute approximate surface area is 170 Å². The Bertz CT molecular complexity index is 898. The Kier molecular flexibility index (Phi) is 4.24. The number of allylic oxidation sites excluding steroid dienone is 1. The second-order valence-electron chi connectivity index (χ2n) is 10.1. The summed E-state index contributed by atoms with van der Waals surface area (Å²) in [4.78, 5) is 23.8. The minimum absolute atomic E-state index is 0.0829. The zero-order valence-electron chi connectivity index (χ0n) is 17.0. The maximum Gasteiger partial charge on any atom is 0.335 e. The van der Waals surface area contributed by atoms with Crippen molar-refractivity contribution in [1.29, 1.82) is 0 Å². The topological polar surface area (TPSA) is 87.7 Å². The number of fused-ring (bicyclic) bond motifs is 5. The van der Waals surface area contributed by atoms with Gasteiger partial charge in [-0.2, -0.15) is 0 Å². The third-order valence-corrected chi connectivity index (χ3v) is 9.21. The molecule has 0 saturated heterocycles. The average Bonchev–Trinajstić information content (AvgIpc) is 3.00. The summed E-state index contributed by atoms with van der Waals surface area (Å²) in [6.45, 7) is 2.19. The molecule has 0 spiro atoms. The van der Waals surface area contributed by atoms with Crippen LogP contribution in [0.4, 0.5) is 0 Å². The molecule has 29 heavy (non-hydrogen) atoms. The average molecular weight is 398 g/mol. The van der Waals surface area contributed by atoms with Crippen molar-refractivity contribution < 1.29 is 19.4 Å². The molecular weight excluding hydrogens is 368 g/mol. The van der Waals surface area contributed by atoms with Gasteiger partial charge in [-0.05, 0) is 80.8 Å². The maximum atomic E-state index is 12.4. The van der Waals surface area contributed by atoms with Crippen molar-refractivity contribution in [2.24, 2.45) is 22.7 Å². The minimum Gasteiger partial charge on any atom is -0.431 e. The first-order valence-electron chi connectivity index (χ1n) is 11.0. The van der Waals surface area contributed by atoms with Crippen molar-refractivity contribution in [2.75, 3.05) is 0 Å². The number of aliphatic hydroxyl groups is 2. The van der Waals surface area contributed by atoms with E-state index in [2.05, 4.69) is 6.92 Å². The van der Waals surface area contributed by atoms with E-state index in [1.54, 1.807) is 6.26 Å². The molecule has 1 aromatic rings. The Balaban J connectivity index is 1.53. The van der Waals surface area contributed by atoms with Crippen LogP contribution in [0.25, 0.3) is 0 Å². The Morgan fingerprint density at radius 3 is 2.66 bits per heavy atom. The van der Waals surface area contributed by atoms with Crippen molar-refractivity contribution in [2.45, 2.75) is 75.9 Å². The van der Waals surface area contributed by atoms with Crippen LogP contribution >= 0.6 is 0 Å². The van der Waals surface area contributed by atoms with Crippen LogP contribution in [-0.2, 0) is 4.79 Å². The fourth-order valence-electron chi connectivity index (χ4n) is 7.71. The van der Waals surface area contributed by atoms with Gasteiger partial charge < -0.3 is 19.4 Å². The Morgan fingerprint density at radius 2 is 1.93 bits per heavy atom. The number of hydrogen-bond acceptors (Lipinski definition) is 5. The molecular formula is C24H30O5. The summed E-state index contributed by atoms with van der Waals surface area (Å²) in [5.41, 5.74) is 0.0938. The monoisotopic (exact) mass is 398 g/mol. The highest BCUT2D eigenvalue weighted by molar-refractivity contribution is 5.67. The summed E-state index contributed by atoms with van der Waals surface area (Å²) in [6, 6.07) is 3.31. The molecule has 1 heterocycles. The second-order valence-corrected chi connectivity index (χ2v) is 10.1. The summed E-state index contributed by atoms with van der Waals surface area (Å²) in [6.07, 6.45) is 10.4. The molecule has 0 unspecified atom stereocenters. The molecule has 5 rings (SSSR count). The molecule has 7 atom stereocenters. The van der Waals surface area contributed by atoms with Crippen LogP contribution in [0.2, 0.25) is 0 Å². The highest BCUT2D eigenvalue weighted by Gasteiger charge is 2.67. The zero-order chi connectivity index (χ0) is 20.4. The summed E-state index contributed by atoms with van der Waals surface area (Å²) >= 11 is 0. The summed E-state index contributed by atoms with van der Waals surface area (Å²) < 4.78 is 5.13. The highest BCUT2D eigenvalue weighted by Crippen LogP contribution is 2.69. The van der Waals surface area contributed by atoms with Crippen molar-refractivity contribution >= 4 is 6.29 Å².